The van der Waals surface area contributed by atoms with Crippen LogP contribution in [0.5, 0.6) is 0 Å². The summed E-state index contributed by atoms with van der Waals surface area (Å²) in [5, 5.41) is 3.12. The Hall–Kier alpha value is -0.750. The molecule has 1 fully saturated rings. The molecule has 0 saturated heterocycles. The van der Waals surface area contributed by atoms with Crippen LogP contribution in [-0.2, 0) is 12.7 Å². The maximum absolute atomic E-state index is 13.0. The van der Waals surface area contributed by atoms with Gasteiger partial charge in [0.25, 0.3) is 0 Å². The second-order valence-electron chi connectivity index (χ2n) is 5.50. The van der Waals surface area contributed by atoms with Crippen LogP contribution in [0.4, 0.5) is 17.6 Å². The number of thioether (sulfide) groups is 1. The molecule has 0 aromatic heterocycles. The van der Waals surface area contributed by atoms with E-state index in [1.165, 1.54) is 18.9 Å². The van der Waals surface area contributed by atoms with Gasteiger partial charge in [0.1, 0.15) is 5.82 Å². The van der Waals surface area contributed by atoms with Gasteiger partial charge >= 0.3 is 6.18 Å². The van der Waals surface area contributed by atoms with Gasteiger partial charge in [-0.2, -0.15) is 24.9 Å². The van der Waals surface area contributed by atoms with Crippen LogP contribution in [0.2, 0.25) is 0 Å². The monoisotopic (exact) mass is 321 g/mol. The molecule has 1 N–H and O–H groups in total. The molecule has 0 radical (unpaired) electrons. The molecule has 0 heterocycles. The van der Waals surface area contributed by atoms with Gasteiger partial charge in [-0.15, -0.1) is 0 Å². The molecule has 2 rings (SSSR count). The highest BCUT2D eigenvalue weighted by atomic mass is 32.2. The fraction of sp³-hybridized carbons (Fsp3) is 0.600. The van der Waals surface area contributed by atoms with Crippen molar-refractivity contribution in [3.8, 4) is 0 Å². The van der Waals surface area contributed by atoms with E-state index in [0.29, 0.717) is 12.6 Å². The highest BCUT2D eigenvalue weighted by Gasteiger charge is 2.35. The van der Waals surface area contributed by atoms with Gasteiger partial charge in [0, 0.05) is 17.8 Å². The molecule has 1 saturated carbocycles. The van der Waals surface area contributed by atoms with Crippen molar-refractivity contribution < 1.29 is 17.6 Å². The van der Waals surface area contributed by atoms with Crippen molar-refractivity contribution in [3.05, 3.63) is 35.1 Å². The number of nitrogens with one attached hydrogen (secondary N) is 1. The van der Waals surface area contributed by atoms with Gasteiger partial charge in [-0.1, -0.05) is 18.9 Å². The Bertz CT molecular complexity index is 481. The Morgan fingerprint density at radius 1 is 1.24 bits per heavy atom. The topological polar surface area (TPSA) is 12.0 Å². The molecule has 21 heavy (non-hydrogen) atoms. The second-order valence-corrected chi connectivity index (χ2v) is 6.77. The molecule has 6 heteroatoms. The van der Waals surface area contributed by atoms with Gasteiger partial charge in [0.2, 0.25) is 0 Å². The van der Waals surface area contributed by atoms with Crippen molar-refractivity contribution in [2.75, 3.05) is 12.8 Å². The molecule has 1 aromatic carbocycles. The summed E-state index contributed by atoms with van der Waals surface area (Å²) in [5.74, 6) is -0.859. The van der Waals surface area contributed by atoms with E-state index in [1.807, 2.05) is 6.26 Å². The predicted octanol–water partition coefficient (Wildman–Crippen LogP) is 4.61. The molecule has 0 spiro atoms. The van der Waals surface area contributed by atoms with Crippen LogP contribution < -0.4 is 5.32 Å². The van der Waals surface area contributed by atoms with Gasteiger partial charge in [-0.25, -0.2) is 4.39 Å². The average molecular weight is 321 g/mol. The fourth-order valence-corrected chi connectivity index (χ4v) is 3.81. The highest BCUT2D eigenvalue weighted by molar-refractivity contribution is 8.00. The summed E-state index contributed by atoms with van der Waals surface area (Å²) in [6.07, 6.45) is 2.06. The normalized spacial score (nSPS) is 18.1. The number of alkyl halides is 3. The first-order valence-corrected chi connectivity index (χ1v) is 8.20. The van der Waals surface area contributed by atoms with Crippen LogP contribution in [0.25, 0.3) is 0 Å². The summed E-state index contributed by atoms with van der Waals surface area (Å²) < 4.78 is 51.9. The van der Waals surface area contributed by atoms with Crippen LogP contribution in [-0.4, -0.2) is 17.5 Å². The number of hydrogen-bond donors (Lipinski definition) is 1. The van der Waals surface area contributed by atoms with Crippen LogP contribution in [0, 0.1) is 5.82 Å². The molecule has 1 aromatic rings. The van der Waals surface area contributed by atoms with Crippen LogP contribution in [0.15, 0.2) is 18.2 Å². The number of rotatable bonds is 5. The summed E-state index contributed by atoms with van der Waals surface area (Å²) >= 11 is 1.78. The van der Waals surface area contributed by atoms with E-state index in [2.05, 4.69) is 5.32 Å². The minimum atomic E-state index is -4.52. The average Bonchev–Trinajstić information content (AvgIpc) is 2.89. The molecule has 118 valence electrons. The van der Waals surface area contributed by atoms with Gasteiger partial charge in [0.05, 0.1) is 5.56 Å². The molecule has 0 unspecified atom stereocenters. The van der Waals surface area contributed by atoms with Gasteiger partial charge in [-0.3, -0.25) is 0 Å². The Balaban J connectivity index is 2.03. The standard InChI is InChI=1S/C15H19F4NS/c1-21-14(6-2-3-7-14)10-20-9-11-4-5-12(16)8-13(11)15(17,18)19/h4-5,8,20H,2-3,6-7,9-10H2,1H3. The van der Waals surface area contributed by atoms with E-state index in [0.717, 1.165) is 18.9 Å². The lowest BCUT2D eigenvalue weighted by molar-refractivity contribution is -0.138. The predicted molar refractivity (Wildman–Crippen MR) is 77.8 cm³/mol. The smallest absolute Gasteiger partial charge is 0.311 e. The van der Waals surface area contributed by atoms with Crippen molar-refractivity contribution in [3.63, 3.8) is 0 Å². The van der Waals surface area contributed by atoms with E-state index in [9.17, 15) is 17.6 Å². The lowest BCUT2D eigenvalue weighted by Gasteiger charge is -2.27. The van der Waals surface area contributed by atoms with E-state index in [1.54, 1.807) is 11.8 Å². The van der Waals surface area contributed by atoms with E-state index >= 15 is 0 Å². The number of halogens is 4. The Morgan fingerprint density at radius 3 is 2.48 bits per heavy atom. The Kier molecular flexibility index (Phi) is 5.20. The molecule has 0 amide bonds. The zero-order valence-electron chi connectivity index (χ0n) is 11.9. The third kappa shape index (κ3) is 4.13. The van der Waals surface area contributed by atoms with Crippen molar-refractivity contribution in [2.45, 2.75) is 43.2 Å². The third-order valence-electron chi connectivity index (χ3n) is 4.09. The molecule has 1 aliphatic rings. The zero-order valence-corrected chi connectivity index (χ0v) is 12.7. The zero-order chi connectivity index (χ0) is 15.5. The number of benzene rings is 1. The first-order valence-electron chi connectivity index (χ1n) is 6.98. The van der Waals surface area contributed by atoms with Gasteiger partial charge < -0.3 is 5.32 Å². The molecular formula is C15H19F4NS. The molecular weight excluding hydrogens is 302 g/mol. The Morgan fingerprint density at radius 2 is 1.90 bits per heavy atom. The lowest BCUT2D eigenvalue weighted by Crippen LogP contribution is -2.35. The van der Waals surface area contributed by atoms with Crippen molar-refractivity contribution in [2.24, 2.45) is 0 Å². The SMILES string of the molecule is CSC1(CNCc2ccc(F)cc2C(F)(F)F)CCCC1. The largest absolute Gasteiger partial charge is 0.416 e. The summed E-state index contributed by atoms with van der Waals surface area (Å²) in [7, 11) is 0. The van der Waals surface area contributed by atoms with E-state index in [-0.39, 0.29) is 16.9 Å². The van der Waals surface area contributed by atoms with Crippen molar-refractivity contribution >= 4 is 11.8 Å². The number of hydrogen-bond acceptors (Lipinski definition) is 2. The minimum absolute atomic E-state index is 0.0955. The third-order valence-corrected chi connectivity index (χ3v) is 5.51. The van der Waals surface area contributed by atoms with Crippen molar-refractivity contribution in [1.29, 1.82) is 0 Å². The lowest BCUT2D eigenvalue weighted by atomic mass is 10.0. The summed E-state index contributed by atoms with van der Waals surface area (Å²) in [6.45, 7) is 0.792. The van der Waals surface area contributed by atoms with E-state index < -0.39 is 17.6 Å². The summed E-state index contributed by atoms with van der Waals surface area (Å²) in [5.41, 5.74) is -0.794. The van der Waals surface area contributed by atoms with Gasteiger partial charge in [0.15, 0.2) is 0 Å². The molecule has 0 aliphatic heterocycles. The second kappa shape index (κ2) is 6.57. The highest BCUT2D eigenvalue weighted by Crippen LogP contribution is 2.39. The van der Waals surface area contributed by atoms with Crippen molar-refractivity contribution in [1.82, 2.24) is 5.32 Å². The molecule has 0 bridgehead atoms. The van der Waals surface area contributed by atoms with Gasteiger partial charge in [-0.05, 0) is 36.8 Å². The first kappa shape index (κ1) is 16.6. The maximum atomic E-state index is 13.0. The molecule has 0 atom stereocenters. The first-order chi connectivity index (χ1) is 9.86. The van der Waals surface area contributed by atoms with Crippen LogP contribution in [0.1, 0.15) is 36.8 Å². The summed E-state index contributed by atoms with van der Waals surface area (Å²) in [6, 6.07) is 2.86. The molecule has 1 nitrogen and oxygen atoms in total. The maximum Gasteiger partial charge on any atom is 0.416 e. The summed E-state index contributed by atoms with van der Waals surface area (Å²) in [4.78, 5) is 0. The Labute approximate surface area is 126 Å². The quantitative estimate of drug-likeness (QED) is 0.795. The minimum Gasteiger partial charge on any atom is -0.311 e. The van der Waals surface area contributed by atoms with Crippen LogP contribution in [0.3, 0.4) is 0 Å². The van der Waals surface area contributed by atoms with Crippen LogP contribution >= 0.6 is 11.8 Å². The molecule has 1 aliphatic carbocycles. The fourth-order valence-electron chi connectivity index (χ4n) is 2.86. The van der Waals surface area contributed by atoms with E-state index in [4.69, 9.17) is 0 Å².